The van der Waals surface area contributed by atoms with Crippen molar-refractivity contribution in [3.63, 3.8) is 0 Å². The number of hydrogen-bond donors (Lipinski definition) is 0. The van der Waals surface area contributed by atoms with E-state index in [0.29, 0.717) is 17.3 Å². The molecule has 2 rings (SSSR count). The second-order valence-electron chi connectivity index (χ2n) is 5.92. The zero-order valence-electron chi connectivity index (χ0n) is 13.8. The molecule has 0 spiro atoms. The highest BCUT2D eigenvalue weighted by atomic mass is 16.1. The normalized spacial score (nSPS) is 17.5. The van der Waals surface area contributed by atoms with Crippen molar-refractivity contribution in [2.75, 3.05) is 32.1 Å². The third-order valence-corrected chi connectivity index (χ3v) is 3.66. The zero-order chi connectivity index (χ0) is 16.1. The van der Waals surface area contributed by atoms with E-state index < -0.39 is 0 Å². The van der Waals surface area contributed by atoms with E-state index in [2.05, 4.69) is 28.6 Å². The summed E-state index contributed by atoms with van der Waals surface area (Å²) in [7, 11) is 3.76. The van der Waals surface area contributed by atoms with Crippen LogP contribution < -0.4 is 4.90 Å². The lowest BCUT2D eigenvalue weighted by atomic mass is 10.1. The molecule has 1 aromatic heterocycles. The van der Waals surface area contributed by atoms with Gasteiger partial charge >= 0.3 is 0 Å². The summed E-state index contributed by atoms with van der Waals surface area (Å²) in [6, 6.07) is 3.77. The Balaban J connectivity index is 2.30. The summed E-state index contributed by atoms with van der Waals surface area (Å²) in [6.07, 6.45) is 4.44. The summed E-state index contributed by atoms with van der Waals surface area (Å²) in [5.41, 5.74) is 2.17. The molecule has 0 saturated carbocycles. The van der Waals surface area contributed by atoms with Crippen LogP contribution in [0.3, 0.4) is 0 Å². The third kappa shape index (κ3) is 3.88. The van der Waals surface area contributed by atoms with Gasteiger partial charge in [0.1, 0.15) is 11.4 Å². The quantitative estimate of drug-likeness (QED) is 0.486. The number of carbonyl (C=O) groups is 1. The van der Waals surface area contributed by atoms with Gasteiger partial charge in [-0.2, -0.15) is 0 Å². The summed E-state index contributed by atoms with van der Waals surface area (Å²) in [6.45, 7) is 6.09. The van der Waals surface area contributed by atoms with Gasteiger partial charge in [0.2, 0.25) is 5.78 Å². The van der Waals surface area contributed by atoms with E-state index in [1.807, 2.05) is 25.1 Å². The first-order valence-electron chi connectivity index (χ1n) is 7.59. The van der Waals surface area contributed by atoms with Crippen LogP contribution in [0.15, 0.2) is 24.4 Å². The number of hydrogen-bond acceptors (Lipinski definition) is 4. The molecule has 0 aliphatic carbocycles. The fraction of sp³-hybridized carbons (Fsp3) is 0.444. The molecule has 0 amide bonds. The number of carbonyl (C=O) groups excluding carboxylic acids is 1. The third-order valence-electron chi connectivity index (χ3n) is 3.66. The Morgan fingerprint density at radius 2 is 2.23 bits per heavy atom. The fourth-order valence-corrected chi connectivity index (χ4v) is 2.51. The summed E-state index contributed by atoms with van der Waals surface area (Å²) in [5.74, 6) is 6.52. The molecular formula is C18H23N3O. The molecule has 1 aromatic rings. The molecule has 0 radical (unpaired) electrons. The molecule has 1 atom stereocenters. The monoisotopic (exact) mass is 297 g/mol. The maximum Gasteiger partial charge on any atom is 0.205 e. The van der Waals surface area contributed by atoms with Crippen molar-refractivity contribution < 1.29 is 4.79 Å². The topological polar surface area (TPSA) is 36.4 Å². The minimum absolute atomic E-state index is 0.103. The van der Waals surface area contributed by atoms with E-state index in [0.717, 1.165) is 18.8 Å². The molecule has 1 unspecified atom stereocenters. The van der Waals surface area contributed by atoms with Crippen molar-refractivity contribution >= 4 is 11.5 Å². The van der Waals surface area contributed by atoms with E-state index in [1.165, 1.54) is 12.5 Å². The van der Waals surface area contributed by atoms with E-state index in [4.69, 9.17) is 0 Å². The van der Waals surface area contributed by atoms with E-state index in [-0.39, 0.29) is 5.78 Å². The van der Waals surface area contributed by atoms with Crippen molar-refractivity contribution in [1.82, 2.24) is 9.88 Å². The highest BCUT2D eigenvalue weighted by Crippen LogP contribution is 2.26. The second kappa shape index (κ2) is 7.13. The summed E-state index contributed by atoms with van der Waals surface area (Å²) in [5, 5.41) is 0. The Kier molecular flexibility index (Phi) is 5.21. The van der Waals surface area contributed by atoms with Crippen LogP contribution in [0.2, 0.25) is 0 Å². The molecule has 1 aliphatic heterocycles. The lowest BCUT2D eigenvalue weighted by Crippen LogP contribution is -2.21. The number of aromatic nitrogens is 1. The van der Waals surface area contributed by atoms with Crippen LogP contribution in [0.5, 0.6) is 0 Å². The Bertz CT molecular complexity index is 637. The first-order valence-corrected chi connectivity index (χ1v) is 7.59. The van der Waals surface area contributed by atoms with Gasteiger partial charge in [0, 0.05) is 39.5 Å². The zero-order valence-corrected chi connectivity index (χ0v) is 13.8. The van der Waals surface area contributed by atoms with Gasteiger partial charge in [-0.25, -0.2) is 4.98 Å². The van der Waals surface area contributed by atoms with Gasteiger partial charge in [0.25, 0.3) is 0 Å². The van der Waals surface area contributed by atoms with Crippen molar-refractivity contribution in [1.29, 1.82) is 0 Å². The van der Waals surface area contributed by atoms with Crippen molar-refractivity contribution in [2.45, 2.75) is 20.3 Å². The second-order valence-corrected chi connectivity index (χ2v) is 5.92. The number of rotatable bonds is 4. The van der Waals surface area contributed by atoms with Crippen LogP contribution in [0.25, 0.3) is 0 Å². The minimum atomic E-state index is -0.103. The Hall–Kier alpha value is -2.28. The van der Waals surface area contributed by atoms with Gasteiger partial charge in [-0.15, -0.1) is 0 Å². The van der Waals surface area contributed by atoms with Gasteiger partial charge < -0.3 is 9.80 Å². The predicted octanol–water partition coefficient (Wildman–Crippen LogP) is 2.56. The van der Waals surface area contributed by atoms with Gasteiger partial charge in [-0.05, 0) is 37.3 Å². The number of pyridine rings is 1. The van der Waals surface area contributed by atoms with Crippen molar-refractivity contribution in [3.8, 4) is 11.8 Å². The van der Waals surface area contributed by atoms with Crippen molar-refractivity contribution in [2.24, 2.45) is 5.92 Å². The molecule has 0 N–H and O–H groups in total. The Labute approximate surface area is 132 Å². The molecular weight excluding hydrogens is 274 g/mol. The SMILES string of the molecule is CC#Cc1nc(C(=O)C=CN(C)C)ccc1N1CCC(C)C1. The summed E-state index contributed by atoms with van der Waals surface area (Å²) < 4.78 is 0. The lowest BCUT2D eigenvalue weighted by molar-refractivity contribution is 0.104. The summed E-state index contributed by atoms with van der Waals surface area (Å²) in [4.78, 5) is 20.8. The first kappa shape index (κ1) is 16.1. The molecule has 1 saturated heterocycles. The number of ketones is 1. The highest BCUT2D eigenvalue weighted by molar-refractivity contribution is 6.03. The predicted molar refractivity (Wildman–Crippen MR) is 89.9 cm³/mol. The van der Waals surface area contributed by atoms with E-state index >= 15 is 0 Å². The van der Waals surface area contributed by atoms with Gasteiger partial charge in [0.15, 0.2) is 0 Å². The smallest absolute Gasteiger partial charge is 0.205 e. The van der Waals surface area contributed by atoms with Gasteiger partial charge in [-0.1, -0.05) is 12.8 Å². The van der Waals surface area contributed by atoms with Gasteiger partial charge in [-0.3, -0.25) is 4.79 Å². The van der Waals surface area contributed by atoms with Crippen LogP contribution in [-0.2, 0) is 0 Å². The van der Waals surface area contributed by atoms with E-state index in [9.17, 15) is 4.79 Å². The molecule has 4 nitrogen and oxygen atoms in total. The average Bonchev–Trinajstić information content (AvgIpc) is 2.91. The minimum Gasteiger partial charge on any atom is -0.383 e. The van der Waals surface area contributed by atoms with Crippen LogP contribution in [0.1, 0.15) is 36.5 Å². The van der Waals surface area contributed by atoms with Gasteiger partial charge in [0.05, 0.1) is 5.69 Å². The first-order chi connectivity index (χ1) is 10.5. The number of allylic oxidation sites excluding steroid dienone is 1. The van der Waals surface area contributed by atoms with E-state index in [1.54, 1.807) is 19.2 Å². The van der Waals surface area contributed by atoms with Crippen LogP contribution in [-0.4, -0.2) is 42.9 Å². The largest absolute Gasteiger partial charge is 0.383 e. The van der Waals surface area contributed by atoms with Crippen molar-refractivity contribution in [3.05, 3.63) is 35.8 Å². The average molecular weight is 297 g/mol. The Morgan fingerprint density at radius 1 is 1.45 bits per heavy atom. The molecule has 0 bridgehead atoms. The lowest BCUT2D eigenvalue weighted by Gasteiger charge is -2.19. The standard InChI is InChI=1S/C18H23N3O/c1-5-6-15-17(21-12-9-14(2)13-21)8-7-16(19-15)18(22)10-11-20(3)4/h7-8,10-11,14H,9,12-13H2,1-4H3. The summed E-state index contributed by atoms with van der Waals surface area (Å²) >= 11 is 0. The fourth-order valence-electron chi connectivity index (χ4n) is 2.51. The highest BCUT2D eigenvalue weighted by Gasteiger charge is 2.21. The number of anilines is 1. The molecule has 1 aliphatic rings. The molecule has 4 heteroatoms. The van der Waals surface area contributed by atoms with Crippen LogP contribution >= 0.6 is 0 Å². The molecule has 2 heterocycles. The van der Waals surface area contributed by atoms with Crippen LogP contribution in [0.4, 0.5) is 5.69 Å². The number of nitrogens with zero attached hydrogens (tertiary/aromatic N) is 3. The maximum atomic E-state index is 12.2. The molecule has 22 heavy (non-hydrogen) atoms. The molecule has 116 valence electrons. The maximum absolute atomic E-state index is 12.2. The molecule has 0 aromatic carbocycles. The molecule has 1 fully saturated rings. The Morgan fingerprint density at radius 3 is 2.82 bits per heavy atom. The van der Waals surface area contributed by atoms with Crippen LogP contribution in [0, 0.1) is 17.8 Å².